The summed E-state index contributed by atoms with van der Waals surface area (Å²) in [5, 5.41) is 3.83. The highest BCUT2D eigenvalue weighted by Gasteiger charge is 2.29. The van der Waals surface area contributed by atoms with Gasteiger partial charge in [-0.25, -0.2) is 13.4 Å². The molecule has 10 heteroatoms. The Kier molecular flexibility index (Phi) is 6.32. The largest absolute Gasteiger partial charge is 0.337 e. The number of carbonyl (C=O) groups excluding carboxylic acids is 2. The van der Waals surface area contributed by atoms with Gasteiger partial charge in [0, 0.05) is 46.0 Å². The van der Waals surface area contributed by atoms with Crippen LogP contribution in [0.4, 0.5) is 0 Å². The minimum atomic E-state index is -3.99. The molecule has 36 heavy (non-hydrogen) atoms. The van der Waals surface area contributed by atoms with Gasteiger partial charge in [0.25, 0.3) is 5.91 Å². The molecule has 2 heterocycles. The summed E-state index contributed by atoms with van der Waals surface area (Å²) in [6.07, 6.45) is 9.70. The van der Waals surface area contributed by atoms with Gasteiger partial charge in [-0.1, -0.05) is 6.07 Å². The van der Waals surface area contributed by atoms with Crippen molar-refractivity contribution in [2.45, 2.75) is 56.5 Å². The maximum Gasteiger partial charge on any atom is 0.272 e. The summed E-state index contributed by atoms with van der Waals surface area (Å²) in [5.41, 5.74) is 6.35. The molecule has 0 radical (unpaired) electrons. The first kappa shape index (κ1) is 24.4. The molecule has 2 aliphatic rings. The predicted octanol–water partition coefficient (Wildman–Crippen LogP) is 1.99. The summed E-state index contributed by atoms with van der Waals surface area (Å²) in [4.78, 5) is 31.7. The molecule has 190 valence electrons. The molecule has 2 aromatic heterocycles. The Labute approximate surface area is 211 Å². The van der Waals surface area contributed by atoms with Crippen LogP contribution in [0.3, 0.4) is 0 Å². The number of ketones is 1. The second kappa shape index (κ2) is 9.31. The highest BCUT2D eigenvalue weighted by atomic mass is 32.2. The van der Waals surface area contributed by atoms with Crippen LogP contribution in [0.25, 0.3) is 0 Å². The monoisotopic (exact) mass is 509 g/mol. The number of aromatic nitrogens is 4. The summed E-state index contributed by atoms with van der Waals surface area (Å²) in [6, 6.07) is 3.56. The van der Waals surface area contributed by atoms with Gasteiger partial charge in [-0.3, -0.25) is 14.3 Å². The van der Waals surface area contributed by atoms with Crippen molar-refractivity contribution in [2.75, 3.05) is 12.8 Å². The van der Waals surface area contributed by atoms with E-state index in [1.54, 1.807) is 19.4 Å². The van der Waals surface area contributed by atoms with Gasteiger partial charge in [-0.05, 0) is 66.3 Å². The Bertz CT molecular complexity index is 1440. The van der Waals surface area contributed by atoms with Crippen LogP contribution in [0.5, 0.6) is 0 Å². The third-order valence-corrected chi connectivity index (χ3v) is 8.90. The fourth-order valence-electron chi connectivity index (χ4n) is 5.50. The number of Topliss-reactive ketones (excluding diaryl/α,β-unsaturated/α-hetero) is 1. The zero-order valence-electron chi connectivity index (χ0n) is 21.0. The molecule has 1 amide bonds. The number of benzene rings is 1. The molecule has 0 atom stereocenters. The lowest BCUT2D eigenvalue weighted by Crippen LogP contribution is -2.29. The van der Waals surface area contributed by atoms with Crippen molar-refractivity contribution >= 4 is 21.5 Å². The summed E-state index contributed by atoms with van der Waals surface area (Å²) >= 11 is 0. The maximum absolute atomic E-state index is 13.1. The molecule has 0 saturated heterocycles. The minimum absolute atomic E-state index is 0.135. The zero-order valence-corrected chi connectivity index (χ0v) is 21.8. The van der Waals surface area contributed by atoms with Crippen LogP contribution in [0, 0.1) is 0 Å². The Hall–Kier alpha value is -3.27. The van der Waals surface area contributed by atoms with Crippen molar-refractivity contribution in [3.8, 4) is 0 Å². The molecule has 0 fully saturated rings. The molecule has 3 aromatic rings. The van der Waals surface area contributed by atoms with E-state index in [1.165, 1.54) is 44.9 Å². The zero-order chi connectivity index (χ0) is 25.6. The van der Waals surface area contributed by atoms with Crippen LogP contribution in [-0.2, 0) is 67.4 Å². The number of carbonyl (C=O) groups is 2. The Morgan fingerprint density at radius 1 is 1.03 bits per heavy atom. The third kappa shape index (κ3) is 4.50. The second-order valence-corrected chi connectivity index (χ2v) is 11.9. The predicted molar refractivity (Wildman–Crippen MR) is 133 cm³/mol. The summed E-state index contributed by atoms with van der Waals surface area (Å²) in [5.74, 6) is -0.643. The number of aryl methyl sites for hydroxylation is 4. The fourth-order valence-corrected chi connectivity index (χ4v) is 6.72. The highest BCUT2D eigenvalue weighted by Crippen LogP contribution is 2.35. The SMILES string of the molecule is CN(Cc1nccn1C)C(=O)c1cc(S(=O)(=O)CC(=O)Cc2c3c(cc4c2CCC4)CCC3)nn1C. The Morgan fingerprint density at radius 3 is 2.31 bits per heavy atom. The molecule has 0 aliphatic heterocycles. The lowest BCUT2D eigenvalue weighted by molar-refractivity contribution is -0.116. The minimum Gasteiger partial charge on any atom is -0.337 e. The molecule has 0 N–H and O–H groups in total. The van der Waals surface area contributed by atoms with Gasteiger partial charge in [0.15, 0.2) is 10.8 Å². The molecular weight excluding hydrogens is 478 g/mol. The number of amides is 1. The number of hydrogen-bond donors (Lipinski definition) is 0. The molecule has 9 nitrogen and oxygen atoms in total. The van der Waals surface area contributed by atoms with Gasteiger partial charge >= 0.3 is 0 Å². The number of rotatable bonds is 8. The Balaban J connectivity index is 1.32. The topological polar surface area (TPSA) is 107 Å². The van der Waals surface area contributed by atoms with Gasteiger partial charge < -0.3 is 9.47 Å². The summed E-state index contributed by atoms with van der Waals surface area (Å²) < 4.78 is 29.3. The van der Waals surface area contributed by atoms with E-state index in [4.69, 9.17) is 0 Å². The quantitative estimate of drug-likeness (QED) is 0.460. The van der Waals surface area contributed by atoms with Crippen molar-refractivity contribution in [1.82, 2.24) is 24.2 Å². The summed E-state index contributed by atoms with van der Waals surface area (Å²) in [7, 11) is 0.994. The molecular formula is C26H31N5O4S. The van der Waals surface area contributed by atoms with Gasteiger partial charge in [0.05, 0.1) is 6.54 Å². The van der Waals surface area contributed by atoms with Crippen LogP contribution < -0.4 is 0 Å². The van der Waals surface area contributed by atoms with E-state index in [1.807, 2.05) is 11.6 Å². The average molecular weight is 510 g/mol. The molecule has 0 unspecified atom stereocenters. The van der Waals surface area contributed by atoms with Crippen LogP contribution >= 0.6 is 0 Å². The highest BCUT2D eigenvalue weighted by molar-refractivity contribution is 7.92. The van der Waals surface area contributed by atoms with E-state index in [9.17, 15) is 18.0 Å². The van der Waals surface area contributed by atoms with Crippen molar-refractivity contribution in [3.63, 3.8) is 0 Å². The van der Waals surface area contributed by atoms with Crippen LogP contribution in [0.1, 0.15) is 57.0 Å². The molecule has 2 aliphatic carbocycles. The van der Waals surface area contributed by atoms with E-state index in [0.29, 0.717) is 5.82 Å². The van der Waals surface area contributed by atoms with Crippen molar-refractivity contribution < 1.29 is 18.0 Å². The van der Waals surface area contributed by atoms with Crippen molar-refractivity contribution in [1.29, 1.82) is 0 Å². The van der Waals surface area contributed by atoms with E-state index in [-0.39, 0.29) is 35.4 Å². The standard InChI is InChI=1S/C26H31N5O4S/c1-29-11-10-27-24(29)15-30(2)26(33)23-14-25(28-31(23)3)36(34,35)16-19(32)13-22-20-8-4-6-17(20)12-18-7-5-9-21(18)22/h10-12,14H,4-9,13,15-16H2,1-3H3. The van der Waals surface area contributed by atoms with E-state index in [2.05, 4.69) is 16.1 Å². The van der Waals surface area contributed by atoms with Gasteiger partial charge in [0.1, 0.15) is 17.3 Å². The molecule has 0 spiro atoms. The van der Waals surface area contributed by atoms with Crippen molar-refractivity contribution in [3.05, 3.63) is 63.9 Å². The van der Waals surface area contributed by atoms with Gasteiger partial charge in [-0.15, -0.1) is 0 Å². The first-order valence-corrected chi connectivity index (χ1v) is 13.9. The van der Waals surface area contributed by atoms with E-state index >= 15 is 0 Å². The summed E-state index contributed by atoms with van der Waals surface area (Å²) in [6.45, 7) is 0.264. The van der Waals surface area contributed by atoms with Gasteiger partial charge in [0.2, 0.25) is 9.84 Å². The molecule has 5 rings (SSSR count). The second-order valence-electron chi connectivity index (χ2n) is 9.92. The van der Waals surface area contributed by atoms with Crippen LogP contribution in [0.2, 0.25) is 0 Å². The lowest BCUT2D eigenvalue weighted by Gasteiger charge is -2.16. The fraction of sp³-hybridized carbons (Fsp3) is 0.462. The number of fused-ring (bicyclic) bond motifs is 2. The number of imidazole rings is 1. The van der Waals surface area contributed by atoms with E-state index in [0.717, 1.165) is 44.1 Å². The first-order valence-electron chi connectivity index (χ1n) is 12.3. The van der Waals surface area contributed by atoms with Crippen molar-refractivity contribution in [2.24, 2.45) is 14.1 Å². The Morgan fingerprint density at radius 2 is 1.69 bits per heavy atom. The smallest absolute Gasteiger partial charge is 0.272 e. The first-order chi connectivity index (χ1) is 17.1. The normalized spacial score (nSPS) is 14.6. The lowest BCUT2D eigenvalue weighted by atomic mass is 9.91. The molecule has 0 bridgehead atoms. The third-order valence-electron chi connectivity index (χ3n) is 7.36. The van der Waals surface area contributed by atoms with Crippen LogP contribution in [0.15, 0.2) is 29.6 Å². The molecule has 0 saturated carbocycles. The maximum atomic E-state index is 13.1. The van der Waals surface area contributed by atoms with Crippen LogP contribution in [-0.4, -0.2) is 57.1 Å². The van der Waals surface area contributed by atoms with E-state index < -0.39 is 15.6 Å². The number of nitrogens with zero attached hydrogens (tertiary/aromatic N) is 5. The number of sulfone groups is 1. The molecule has 1 aromatic carbocycles. The van der Waals surface area contributed by atoms with Gasteiger partial charge in [-0.2, -0.15) is 5.10 Å². The average Bonchev–Trinajstić information content (AvgIpc) is 3.61. The number of hydrogen-bond acceptors (Lipinski definition) is 6.